The molecule has 0 spiro atoms. The van der Waals surface area contributed by atoms with Gasteiger partial charge in [0.2, 0.25) is 5.91 Å². The second-order valence-corrected chi connectivity index (χ2v) is 7.41. The highest BCUT2D eigenvalue weighted by molar-refractivity contribution is 7.07. The fourth-order valence-electron chi connectivity index (χ4n) is 3.37. The summed E-state index contributed by atoms with van der Waals surface area (Å²) in [6.45, 7) is 0. The molecule has 5 nitrogen and oxygen atoms in total. The van der Waals surface area contributed by atoms with Gasteiger partial charge in [-0.2, -0.15) is 4.37 Å². The summed E-state index contributed by atoms with van der Waals surface area (Å²) in [5.41, 5.74) is 3.34. The van der Waals surface area contributed by atoms with Crippen LogP contribution >= 0.6 is 23.1 Å². The number of methoxy groups -OCH3 is 2. The van der Waals surface area contributed by atoms with Gasteiger partial charge in [-0.15, -0.1) is 0 Å². The third-order valence-corrected chi connectivity index (χ3v) is 5.83. The Morgan fingerprint density at radius 2 is 1.93 bits per heavy atom. The van der Waals surface area contributed by atoms with E-state index in [1.165, 1.54) is 11.5 Å². The Morgan fingerprint density at radius 1 is 1.15 bits per heavy atom. The van der Waals surface area contributed by atoms with Crippen molar-refractivity contribution in [2.75, 3.05) is 19.5 Å². The van der Waals surface area contributed by atoms with E-state index in [-0.39, 0.29) is 11.8 Å². The van der Waals surface area contributed by atoms with Gasteiger partial charge in [0.25, 0.3) is 0 Å². The van der Waals surface area contributed by atoms with Gasteiger partial charge >= 0.3 is 0 Å². The molecule has 1 aliphatic rings. The average Bonchev–Trinajstić information content (AvgIpc) is 3.11. The Bertz CT molecular complexity index is 1000. The second kappa shape index (κ2) is 7.21. The maximum atomic E-state index is 12.5. The largest absolute Gasteiger partial charge is 0.493 e. The molecule has 1 amide bonds. The molecule has 1 N–H and O–H groups in total. The number of para-hydroxylation sites is 1. The molecule has 1 aliphatic heterocycles. The molecule has 4 rings (SSSR count). The van der Waals surface area contributed by atoms with Crippen LogP contribution in [0.4, 0.5) is 5.69 Å². The van der Waals surface area contributed by atoms with E-state index >= 15 is 0 Å². The first-order valence-corrected chi connectivity index (χ1v) is 9.53. The van der Waals surface area contributed by atoms with Crippen molar-refractivity contribution in [2.45, 2.75) is 12.3 Å². The Morgan fingerprint density at radius 3 is 2.63 bits per heavy atom. The number of carbonyl (C=O) groups is 1. The quantitative estimate of drug-likeness (QED) is 0.672. The number of hydrogen-bond donors (Lipinski definition) is 1. The highest BCUT2D eigenvalue weighted by Crippen LogP contribution is 2.48. The number of amides is 1. The number of halogens is 1. The number of ether oxygens (including phenoxy) is 2. The molecular formula is C20H17ClN2O3S. The number of aromatic nitrogens is 1. The fraction of sp³-hybridized carbons (Fsp3) is 0.200. The van der Waals surface area contributed by atoms with Crippen LogP contribution in [0.1, 0.15) is 22.8 Å². The van der Waals surface area contributed by atoms with E-state index in [1.54, 1.807) is 14.2 Å². The minimum absolute atomic E-state index is 0.0483. The number of fused-ring (bicyclic) bond motifs is 1. The number of nitrogens with one attached hydrogen (secondary N) is 1. The van der Waals surface area contributed by atoms with Gasteiger partial charge in [-0.25, -0.2) is 0 Å². The van der Waals surface area contributed by atoms with E-state index in [4.69, 9.17) is 21.1 Å². The topological polar surface area (TPSA) is 60.5 Å². The summed E-state index contributed by atoms with van der Waals surface area (Å²) in [6, 6.07) is 13.2. The van der Waals surface area contributed by atoms with E-state index in [0.29, 0.717) is 22.9 Å². The fourth-order valence-corrected chi connectivity index (χ4v) is 4.46. The highest BCUT2D eigenvalue weighted by atomic mass is 35.5. The van der Waals surface area contributed by atoms with Crippen LogP contribution in [-0.2, 0) is 4.79 Å². The predicted octanol–water partition coefficient (Wildman–Crippen LogP) is 4.95. The highest BCUT2D eigenvalue weighted by Gasteiger charge is 2.33. The van der Waals surface area contributed by atoms with Crippen LogP contribution in [0.3, 0.4) is 0 Å². The van der Waals surface area contributed by atoms with Gasteiger partial charge in [-0.3, -0.25) is 4.79 Å². The monoisotopic (exact) mass is 400 g/mol. The van der Waals surface area contributed by atoms with Gasteiger partial charge in [-0.1, -0.05) is 35.9 Å². The Kier molecular flexibility index (Phi) is 4.76. The molecule has 7 heteroatoms. The lowest BCUT2D eigenvalue weighted by Gasteiger charge is -2.25. The summed E-state index contributed by atoms with van der Waals surface area (Å²) >= 11 is 7.39. The second-order valence-electron chi connectivity index (χ2n) is 6.16. The Balaban J connectivity index is 1.84. The first-order chi connectivity index (χ1) is 13.1. The number of nitrogens with zero attached hydrogens (tertiary/aromatic N) is 1. The SMILES string of the molecule is COc1cccc(C2CC(=O)Nc3c(-c4ccc(Cl)cc4)nsc32)c1OC. The summed E-state index contributed by atoms with van der Waals surface area (Å²) < 4.78 is 15.6. The molecule has 0 saturated heterocycles. The van der Waals surface area contributed by atoms with Crippen LogP contribution in [0.5, 0.6) is 11.5 Å². The molecule has 0 saturated carbocycles. The average molecular weight is 401 g/mol. The summed E-state index contributed by atoms with van der Waals surface area (Å²) in [6.07, 6.45) is 0.332. The smallest absolute Gasteiger partial charge is 0.225 e. The molecule has 1 aromatic heterocycles. The van der Waals surface area contributed by atoms with Crippen molar-refractivity contribution in [1.29, 1.82) is 0 Å². The maximum Gasteiger partial charge on any atom is 0.225 e. The van der Waals surface area contributed by atoms with Gasteiger partial charge in [0.15, 0.2) is 11.5 Å². The number of hydrogen-bond acceptors (Lipinski definition) is 5. The van der Waals surface area contributed by atoms with Crippen molar-refractivity contribution in [1.82, 2.24) is 4.37 Å². The molecule has 1 unspecified atom stereocenters. The van der Waals surface area contributed by atoms with Crippen LogP contribution in [0.15, 0.2) is 42.5 Å². The molecular weight excluding hydrogens is 384 g/mol. The molecule has 2 heterocycles. The number of rotatable bonds is 4. The Hall–Kier alpha value is -2.57. The zero-order valence-corrected chi connectivity index (χ0v) is 16.4. The van der Waals surface area contributed by atoms with Crippen molar-refractivity contribution in [3.05, 3.63) is 57.9 Å². The molecule has 0 bridgehead atoms. The van der Waals surface area contributed by atoms with Crippen molar-refractivity contribution in [3.8, 4) is 22.8 Å². The molecule has 1 atom stereocenters. The van der Waals surface area contributed by atoms with Gasteiger partial charge in [0.1, 0.15) is 5.69 Å². The standard InChI is InChI=1S/C20H17ClN2O3S/c1-25-15-5-3-4-13(19(15)26-2)14-10-16(24)22-18-17(23-27-20(14)18)11-6-8-12(21)9-7-11/h3-9,14H,10H2,1-2H3,(H,22,24). The molecule has 0 aliphatic carbocycles. The summed E-state index contributed by atoms with van der Waals surface area (Å²) in [5, 5.41) is 3.65. The summed E-state index contributed by atoms with van der Waals surface area (Å²) in [4.78, 5) is 13.5. The number of carbonyl (C=O) groups excluding carboxylic acids is 1. The van der Waals surface area contributed by atoms with Crippen LogP contribution in [0.25, 0.3) is 11.3 Å². The van der Waals surface area contributed by atoms with E-state index in [2.05, 4.69) is 9.69 Å². The molecule has 0 fully saturated rings. The minimum atomic E-state index is -0.141. The molecule has 3 aromatic rings. The van der Waals surface area contributed by atoms with E-state index in [1.807, 2.05) is 42.5 Å². The lowest BCUT2D eigenvalue weighted by atomic mass is 9.88. The number of anilines is 1. The normalized spacial score (nSPS) is 15.8. The van der Waals surface area contributed by atoms with Crippen LogP contribution in [0.2, 0.25) is 5.02 Å². The van der Waals surface area contributed by atoms with Crippen molar-refractivity contribution >= 4 is 34.7 Å². The van der Waals surface area contributed by atoms with E-state index < -0.39 is 0 Å². The molecule has 27 heavy (non-hydrogen) atoms. The molecule has 138 valence electrons. The van der Waals surface area contributed by atoms with Gasteiger partial charge in [0.05, 0.1) is 24.8 Å². The third-order valence-electron chi connectivity index (χ3n) is 4.62. The third kappa shape index (κ3) is 3.15. The predicted molar refractivity (Wildman–Crippen MR) is 107 cm³/mol. The van der Waals surface area contributed by atoms with Crippen molar-refractivity contribution in [3.63, 3.8) is 0 Å². The Labute approximate surface area is 166 Å². The summed E-state index contributed by atoms with van der Waals surface area (Å²) in [7, 11) is 3.21. The minimum Gasteiger partial charge on any atom is -0.493 e. The van der Waals surface area contributed by atoms with Gasteiger partial charge < -0.3 is 14.8 Å². The lowest BCUT2D eigenvalue weighted by Crippen LogP contribution is -2.22. The first kappa shape index (κ1) is 17.8. The maximum absolute atomic E-state index is 12.5. The summed E-state index contributed by atoms with van der Waals surface area (Å²) in [5.74, 6) is 1.10. The van der Waals surface area contributed by atoms with E-state index in [0.717, 1.165) is 27.4 Å². The zero-order chi connectivity index (χ0) is 19.0. The van der Waals surface area contributed by atoms with Gasteiger partial charge in [-0.05, 0) is 29.7 Å². The lowest BCUT2D eigenvalue weighted by molar-refractivity contribution is -0.116. The zero-order valence-electron chi connectivity index (χ0n) is 14.8. The van der Waals surface area contributed by atoms with E-state index in [9.17, 15) is 4.79 Å². The first-order valence-electron chi connectivity index (χ1n) is 8.38. The molecule has 0 radical (unpaired) electrons. The molecule has 2 aromatic carbocycles. The van der Waals surface area contributed by atoms with Crippen molar-refractivity contribution in [2.24, 2.45) is 0 Å². The van der Waals surface area contributed by atoms with Crippen LogP contribution < -0.4 is 14.8 Å². The van der Waals surface area contributed by atoms with Crippen molar-refractivity contribution < 1.29 is 14.3 Å². The van der Waals surface area contributed by atoms with Crippen LogP contribution in [-0.4, -0.2) is 24.5 Å². The van der Waals surface area contributed by atoms with Gasteiger partial charge in [0, 0.05) is 28.5 Å². The van der Waals surface area contributed by atoms with Crippen LogP contribution in [0, 0.1) is 0 Å². The number of benzene rings is 2.